The first kappa shape index (κ1) is 12.0. The Labute approximate surface area is 87.1 Å². The van der Waals surface area contributed by atoms with Crippen LogP contribution < -0.4 is 5.73 Å². The van der Waals surface area contributed by atoms with Crippen LogP contribution in [0.25, 0.3) is 0 Å². The zero-order valence-electron chi connectivity index (χ0n) is 8.73. The zero-order chi connectivity index (χ0) is 11.6. The van der Waals surface area contributed by atoms with Crippen molar-refractivity contribution in [1.82, 2.24) is 0 Å². The molecular formula is C11H14F3N. The highest BCUT2D eigenvalue weighted by atomic mass is 19.4. The molecule has 0 aliphatic heterocycles. The van der Waals surface area contributed by atoms with Crippen LogP contribution in [0, 0.1) is 6.92 Å². The monoisotopic (exact) mass is 217 g/mol. The van der Waals surface area contributed by atoms with Gasteiger partial charge in [-0.25, -0.2) is 0 Å². The highest BCUT2D eigenvalue weighted by Crippen LogP contribution is 2.32. The summed E-state index contributed by atoms with van der Waals surface area (Å²) in [6.07, 6.45) is -3.82. The average molecular weight is 217 g/mol. The Morgan fingerprint density at radius 2 is 1.93 bits per heavy atom. The number of alkyl halides is 3. The highest BCUT2D eigenvalue weighted by molar-refractivity contribution is 5.33. The van der Waals surface area contributed by atoms with E-state index in [2.05, 4.69) is 0 Å². The van der Waals surface area contributed by atoms with E-state index in [-0.39, 0.29) is 11.6 Å². The minimum atomic E-state index is -4.28. The summed E-state index contributed by atoms with van der Waals surface area (Å²) >= 11 is 0. The summed E-state index contributed by atoms with van der Waals surface area (Å²) in [7, 11) is 0. The normalized spacial score (nSPS) is 14.0. The second-order valence-corrected chi connectivity index (χ2v) is 3.83. The van der Waals surface area contributed by atoms with Gasteiger partial charge in [-0.05, 0) is 37.5 Å². The van der Waals surface area contributed by atoms with Gasteiger partial charge in [-0.15, -0.1) is 0 Å². The Bertz CT molecular complexity index is 342. The fourth-order valence-electron chi connectivity index (χ4n) is 1.47. The molecule has 0 aliphatic carbocycles. The molecule has 0 saturated carbocycles. The van der Waals surface area contributed by atoms with Crippen molar-refractivity contribution in [2.75, 3.05) is 0 Å². The maximum absolute atomic E-state index is 12.5. The number of hydrogen-bond donors (Lipinski definition) is 1. The molecular weight excluding hydrogens is 203 g/mol. The summed E-state index contributed by atoms with van der Waals surface area (Å²) in [5.41, 5.74) is 5.85. The largest absolute Gasteiger partial charge is 0.416 e. The van der Waals surface area contributed by atoms with Crippen molar-refractivity contribution in [3.8, 4) is 0 Å². The summed E-state index contributed by atoms with van der Waals surface area (Å²) in [4.78, 5) is 0. The van der Waals surface area contributed by atoms with Crippen LogP contribution in [-0.2, 0) is 12.6 Å². The van der Waals surface area contributed by atoms with Crippen LogP contribution in [0.4, 0.5) is 13.2 Å². The standard InChI is InChI=1S/C11H14F3N/c1-7-3-4-9(5-8(2)15)6-10(7)11(12,13)14/h3-4,6,8H,5,15H2,1-2H3. The minimum Gasteiger partial charge on any atom is -0.328 e. The number of rotatable bonds is 2. The van der Waals surface area contributed by atoms with Crippen LogP contribution in [0.3, 0.4) is 0 Å². The lowest BCUT2D eigenvalue weighted by molar-refractivity contribution is -0.138. The highest BCUT2D eigenvalue weighted by Gasteiger charge is 2.32. The van der Waals surface area contributed by atoms with Gasteiger partial charge in [0.05, 0.1) is 5.56 Å². The third-order valence-corrected chi connectivity index (χ3v) is 2.17. The molecule has 0 radical (unpaired) electrons. The predicted octanol–water partition coefficient (Wildman–Crippen LogP) is 2.90. The van der Waals surface area contributed by atoms with Crippen molar-refractivity contribution < 1.29 is 13.2 Å². The summed E-state index contributed by atoms with van der Waals surface area (Å²) in [5, 5.41) is 0. The van der Waals surface area contributed by atoms with E-state index in [0.717, 1.165) is 0 Å². The number of benzene rings is 1. The Balaban J connectivity index is 3.06. The molecule has 1 aromatic carbocycles. The molecule has 1 atom stereocenters. The quantitative estimate of drug-likeness (QED) is 0.809. The van der Waals surface area contributed by atoms with Crippen LogP contribution in [0.2, 0.25) is 0 Å². The molecule has 15 heavy (non-hydrogen) atoms. The lowest BCUT2D eigenvalue weighted by atomic mass is 10.0. The molecule has 4 heteroatoms. The van der Waals surface area contributed by atoms with Crippen molar-refractivity contribution in [2.45, 2.75) is 32.5 Å². The lowest BCUT2D eigenvalue weighted by Gasteiger charge is -2.13. The Morgan fingerprint density at radius 3 is 2.40 bits per heavy atom. The first-order valence-electron chi connectivity index (χ1n) is 4.73. The van der Waals surface area contributed by atoms with Crippen LogP contribution in [0.5, 0.6) is 0 Å². The van der Waals surface area contributed by atoms with E-state index in [1.807, 2.05) is 0 Å². The van der Waals surface area contributed by atoms with Crippen molar-refractivity contribution in [1.29, 1.82) is 0 Å². The fraction of sp³-hybridized carbons (Fsp3) is 0.455. The number of halogens is 3. The summed E-state index contributed by atoms with van der Waals surface area (Å²) in [6, 6.07) is 4.22. The van der Waals surface area contributed by atoms with Gasteiger partial charge in [-0.2, -0.15) is 13.2 Å². The van der Waals surface area contributed by atoms with Gasteiger partial charge >= 0.3 is 6.18 Å². The van der Waals surface area contributed by atoms with Gasteiger partial charge in [-0.3, -0.25) is 0 Å². The van der Waals surface area contributed by atoms with Gasteiger partial charge in [0.15, 0.2) is 0 Å². The molecule has 0 aromatic heterocycles. The third kappa shape index (κ3) is 3.23. The average Bonchev–Trinajstić information content (AvgIpc) is 2.05. The zero-order valence-corrected chi connectivity index (χ0v) is 8.73. The number of hydrogen-bond acceptors (Lipinski definition) is 1. The van der Waals surface area contributed by atoms with Gasteiger partial charge in [0.1, 0.15) is 0 Å². The van der Waals surface area contributed by atoms with Crippen molar-refractivity contribution in [2.24, 2.45) is 5.73 Å². The Hall–Kier alpha value is -1.03. The molecule has 0 saturated heterocycles. The second-order valence-electron chi connectivity index (χ2n) is 3.83. The summed E-state index contributed by atoms with van der Waals surface area (Å²) in [5.74, 6) is 0. The molecule has 1 unspecified atom stereocenters. The lowest BCUT2D eigenvalue weighted by Crippen LogP contribution is -2.18. The molecule has 0 amide bonds. The Kier molecular flexibility index (Phi) is 3.39. The fourth-order valence-corrected chi connectivity index (χ4v) is 1.47. The molecule has 0 aliphatic rings. The van der Waals surface area contributed by atoms with Gasteiger partial charge in [0.25, 0.3) is 0 Å². The molecule has 84 valence electrons. The van der Waals surface area contributed by atoms with Gasteiger partial charge < -0.3 is 5.73 Å². The summed E-state index contributed by atoms with van der Waals surface area (Å²) < 4.78 is 37.6. The van der Waals surface area contributed by atoms with E-state index < -0.39 is 11.7 Å². The predicted molar refractivity (Wildman–Crippen MR) is 53.5 cm³/mol. The molecule has 1 nitrogen and oxygen atoms in total. The maximum Gasteiger partial charge on any atom is 0.416 e. The molecule has 1 rings (SSSR count). The van der Waals surface area contributed by atoms with E-state index in [1.54, 1.807) is 13.0 Å². The van der Waals surface area contributed by atoms with E-state index in [1.165, 1.54) is 19.1 Å². The molecule has 2 N–H and O–H groups in total. The molecule has 0 bridgehead atoms. The number of aryl methyl sites for hydroxylation is 1. The van der Waals surface area contributed by atoms with E-state index >= 15 is 0 Å². The second kappa shape index (κ2) is 4.23. The molecule has 0 spiro atoms. The van der Waals surface area contributed by atoms with Crippen LogP contribution in [-0.4, -0.2) is 6.04 Å². The van der Waals surface area contributed by atoms with Gasteiger partial charge in [0, 0.05) is 6.04 Å². The van der Waals surface area contributed by atoms with Crippen LogP contribution >= 0.6 is 0 Å². The van der Waals surface area contributed by atoms with Crippen LogP contribution in [0.1, 0.15) is 23.6 Å². The van der Waals surface area contributed by atoms with Crippen molar-refractivity contribution in [3.05, 3.63) is 34.9 Å². The molecule has 0 fully saturated rings. The Morgan fingerprint density at radius 1 is 1.33 bits per heavy atom. The topological polar surface area (TPSA) is 26.0 Å². The smallest absolute Gasteiger partial charge is 0.328 e. The minimum absolute atomic E-state index is 0.131. The SMILES string of the molecule is Cc1ccc(CC(C)N)cc1C(F)(F)F. The van der Waals surface area contributed by atoms with Gasteiger partial charge in [-0.1, -0.05) is 12.1 Å². The van der Waals surface area contributed by atoms with Crippen molar-refractivity contribution >= 4 is 0 Å². The first-order chi connectivity index (χ1) is 6.80. The van der Waals surface area contributed by atoms with Crippen molar-refractivity contribution in [3.63, 3.8) is 0 Å². The third-order valence-electron chi connectivity index (χ3n) is 2.17. The van der Waals surface area contributed by atoms with Gasteiger partial charge in [0.2, 0.25) is 0 Å². The van der Waals surface area contributed by atoms with E-state index in [0.29, 0.717) is 12.0 Å². The van der Waals surface area contributed by atoms with E-state index in [9.17, 15) is 13.2 Å². The number of nitrogens with two attached hydrogens (primary N) is 1. The van der Waals surface area contributed by atoms with E-state index in [4.69, 9.17) is 5.73 Å². The maximum atomic E-state index is 12.5. The first-order valence-corrected chi connectivity index (χ1v) is 4.73. The molecule has 1 aromatic rings. The molecule has 0 heterocycles. The summed E-state index contributed by atoms with van der Waals surface area (Å²) in [6.45, 7) is 3.23. The van der Waals surface area contributed by atoms with Crippen LogP contribution in [0.15, 0.2) is 18.2 Å².